The quantitative estimate of drug-likeness (QED) is 0.938. The van der Waals surface area contributed by atoms with Crippen LogP contribution in [0, 0.1) is 6.92 Å². The predicted octanol–water partition coefficient (Wildman–Crippen LogP) is 1.99. The fourth-order valence-corrected chi connectivity index (χ4v) is 2.99. The van der Waals surface area contributed by atoms with Crippen molar-refractivity contribution in [3.05, 3.63) is 41.9 Å². The van der Waals surface area contributed by atoms with E-state index in [4.69, 9.17) is 0 Å². The van der Waals surface area contributed by atoms with Gasteiger partial charge in [-0.1, -0.05) is 0 Å². The monoisotopic (exact) mass is 299 g/mol. The minimum absolute atomic E-state index is 0.119. The van der Waals surface area contributed by atoms with Crippen LogP contribution in [0.25, 0.3) is 0 Å². The zero-order valence-corrected chi connectivity index (χ0v) is 13.0. The van der Waals surface area contributed by atoms with Gasteiger partial charge in [-0.15, -0.1) is 0 Å². The van der Waals surface area contributed by atoms with E-state index in [-0.39, 0.29) is 11.9 Å². The number of carbonyl (C=O) groups is 1. The van der Waals surface area contributed by atoms with Crippen molar-refractivity contribution in [3.8, 4) is 0 Å². The van der Waals surface area contributed by atoms with E-state index in [1.165, 1.54) is 0 Å². The third-order valence-electron chi connectivity index (χ3n) is 4.06. The summed E-state index contributed by atoms with van der Waals surface area (Å²) in [6.07, 6.45) is 7.49. The van der Waals surface area contributed by atoms with Crippen molar-refractivity contribution in [1.82, 2.24) is 19.7 Å². The summed E-state index contributed by atoms with van der Waals surface area (Å²) in [6.45, 7) is 3.08. The van der Waals surface area contributed by atoms with Crippen LogP contribution in [-0.2, 0) is 11.3 Å². The Labute approximate surface area is 130 Å². The molecule has 116 valence electrons. The molecule has 1 atom stereocenters. The van der Waals surface area contributed by atoms with Gasteiger partial charge in [0, 0.05) is 26.0 Å². The number of pyridine rings is 1. The maximum absolute atomic E-state index is 12.6. The molecular formula is C16H21N5O. The summed E-state index contributed by atoms with van der Waals surface area (Å²) >= 11 is 0. The number of nitrogens with one attached hydrogen (secondary N) is 1. The Bertz CT molecular complexity index is 666. The average molecular weight is 299 g/mol. The van der Waals surface area contributed by atoms with Gasteiger partial charge in [0.25, 0.3) is 0 Å². The zero-order chi connectivity index (χ0) is 15.5. The lowest BCUT2D eigenvalue weighted by Gasteiger charge is -2.25. The molecule has 6 nitrogen and oxygen atoms in total. The molecule has 3 rings (SSSR count). The third-order valence-corrected chi connectivity index (χ3v) is 4.06. The van der Waals surface area contributed by atoms with Crippen molar-refractivity contribution < 1.29 is 4.79 Å². The van der Waals surface area contributed by atoms with Gasteiger partial charge in [-0.25, -0.2) is 4.98 Å². The molecule has 0 aliphatic carbocycles. The molecule has 22 heavy (non-hydrogen) atoms. The van der Waals surface area contributed by atoms with Crippen LogP contribution in [0.4, 0.5) is 5.82 Å². The summed E-state index contributed by atoms with van der Waals surface area (Å²) in [4.78, 5) is 18.8. The standard InChI is InChI=1S/C16H21N5O/c1-12-9-19-20(10-12)11-16(22)21-7-3-4-14(21)13-5-6-18-15(8-13)17-2/h5-6,8-10,14H,3-4,7,11H2,1-2H3,(H,17,18). The number of rotatable bonds is 4. The molecule has 0 radical (unpaired) electrons. The van der Waals surface area contributed by atoms with E-state index in [9.17, 15) is 4.79 Å². The van der Waals surface area contributed by atoms with E-state index in [1.54, 1.807) is 17.1 Å². The smallest absolute Gasteiger partial charge is 0.244 e. The van der Waals surface area contributed by atoms with Gasteiger partial charge < -0.3 is 10.2 Å². The number of amides is 1. The van der Waals surface area contributed by atoms with Crippen LogP contribution in [0.1, 0.15) is 30.0 Å². The summed E-state index contributed by atoms with van der Waals surface area (Å²) < 4.78 is 1.71. The molecule has 1 N–H and O–H groups in total. The lowest BCUT2D eigenvalue weighted by atomic mass is 10.1. The zero-order valence-electron chi connectivity index (χ0n) is 13.0. The Balaban J connectivity index is 1.75. The highest BCUT2D eigenvalue weighted by Crippen LogP contribution is 2.32. The van der Waals surface area contributed by atoms with Gasteiger partial charge in [-0.05, 0) is 43.0 Å². The first-order valence-electron chi connectivity index (χ1n) is 7.59. The van der Waals surface area contributed by atoms with Crippen molar-refractivity contribution in [3.63, 3.8) is 0 Å². The number of likely N-dealkylation sites (tertiary alicyclic amines) is 1. The lowest BCUT2D eigenvalue weighted by Crippen LogP contribution is -2.33. The van der Waals surface area contributed by atoms with Gasteiger partial charge in [0.1, 0.15) is 12.4 Å². The summed E-state index contributed by atoms with van der Waals surface area (Å²) in [5, 5.41) is 7.25. The summed E-state index contributed by atoms with van der Waals surface area (Å²) in [5.41, 5.74) is 2.21. The van der Waals surface area contributed by atoms with E-state index in [1.807, 2.05) is 37.2 Å². The van der Waals surface area contributed by atoms with E-state index < -0.39 is 0 Å². The van der Waals surface area contributed by atoms with Crippen LogP contribution >= 0.6 is 0 Å². The maximum Gasteiger partial charge on any atom is 0.244 e. The van der Waals surface area contributed by atoms with Crippen LogP contribution < -0.4 is 5.32 Å². The molecule has 1 aliphatic heterocycles. The van der Waals surface area contributed by atoms with Gasteiger partial charge in [0.15, 0.2) is 0 Å². The van der Waals surface area contributed by atoms with Gasteiger partial charge in [-0.3, -0.25) is 9.48 Å². The first-order valence-corrected chi connectivity index (χ1v) is 7.59. The number of anilines is 1. The lowest BCUT2D eigenvalue weighted by molar-refractivity contribution is -0.133. The molecule has 1 aliphatic rings. The highest BCUT2D eigenvalue weighted by molar-refractivity contribution is 5.76. The van der Waals surface area contributed by atoms with Gasteiger partial charge in [0.2, 0.25) is 5.91 Å². The number of aromatic nitrogens is 3. The van der Waals surface area contributed by atoms with Crippen molar-refractivity contribution in [2.24, 2.45) is 0 Å². The molecule has 0 bridgehead atoms. The summed E-state index contributed by atoms with van der Waals surface area (Å²) in [7, 11) is 1.85. The number of hydrogen-bond acceptors (Lipinski definition) is 4. The second-order valence-electron chi connectivity index (χ2n) is 5.68. The molecule has 1 fully saturated rings. The molecule has 1 unspecified atom stereocenters. The van der Waals surface area contributed by atoms with Crippen LogP contribution in [0.2, 0.25) is 0 Å². The van der Waals surface area contributed by atoms with Crippen molar-refractivity contribution in [2.45, 2.75) is 32.4 Å². The Hall–Kier alpha value is -2.37. The number of carbonyl (C=O) groups excluding carboxylic acids is 1. The Morgan fingerprint density at radius 2 is 2.36 bits per heavy atom. The van der Waals surface area contributed by atoms with Crippen molar-refractivity contribution in [1.29, 1.82) is 0 Å². The number of hydrogen-bond donors (Lipinski definition) is 1. The fraction of sp³-hybridized carbons (Fsp3) is 0.438. The largest absolute Gasteiger partial charge is 0.373 e. The van der Waals surface area contributed by atoms with Gasteiger partial charge >= 0.3 is 0 Å². The first kappa shape index (κ1) is 14.6. The van der Waals surface area contributed by atoms with E-state index in [0.29, 0.717) is 6.54 Å². The molecule has 0 saturated carbocycles. The topological polar surface area (TPSA) is 63.1 Å². The molecule has 1 amide bonds. The highest BCUT2D eigenvalue weighted by atomic mass is 16.2. The molecule has 6 heteroatoms. The Morgan fingerprint density at radius 3 is 3.09 bits per heavy atom. The maximum atomic E-state index is 12.6. The Morgan fingerprint density at radius 1 is 1.50 bits per heavy atom. The second kappa shape index (κ2) is 6.17. The van der Waals surface area contributed by atoms with Crippen LogP contribution in [0.15, 0.2) is 30.7 Å². The predicted molar refractivity (Wildman–Crippen MR) is 84.4 cm³/mol. The second-order valence-corrected chi connectivity index (χ2v) is 5.68. The fourth-order valence-electron chi connectivity index (χ4n) is 2.99. The molecule has 0 spiro atoms. The SMILES string of the molecule is CNc1cc(C2CCCN2C(=O)Cn2cc(C)cn2)ccn1. The number of nitrogens with zero attached hydrogens (tertiary/aromatic N) is 4. The van der Waals surface area contributed by atoms with Crippen molar-refractivity contribution in [2.75, 3.05) is 18.9 Å². The van der Waals surface area contributed by atoms with Crippen LogP contribution in [0.3, 0.4) is 0 Å². The average Bonchev–Trinajstić information content (AvgIpc) is 3.16. The number of aryl methyl sites for hydroxylation is 1. The highest BCUT2D eigenvalue weighted by Gasteiger charge is 2.30. The first-order chi connectivity index (χ1) is 10.7. The molecular weight excluding hydrogens is 278 g/mol. The Kier molecular flexibility index (Phi) is 4.09. The third kappa shape index (κ3) is 2.95. The van der Waals surface area contributed by atoms with E-state index in [2.05, 4.69) is 15.4 Å². The van der Waals surface area contributed by atoms with Crippen LogP contribution in [-0.4, -0.2) is 39.2 Å². The summed E-state index contributed by atoms with van der Waals surface area (Å²) in [6, 6.07) is 4.16. The molecule has 0 aromatic carbocycles. The van der Waals surface area contributed by atoms with Crippen molar-refractivity contribution >= 4 is 11.7 Å². The summed E-state index contributed by atoms with van der Waals surface area (Å²) in [5.74, 6) is 0.952. The van der Waals surface area contributed by atoms with E-state index >= 15 is 0 Å². The molecule has 1 saturated heterocycles. The minimum atomic E-state index is 0.119. The van der Waals surface area contributed by atoms with Gasteiger partial charge in [-0.2, -0.15) is 5.10 Å². The van der Waals surface area contributed by atoms with Gasteiger partial charge in [0.05, 0.1) is 12.2 Å². The van der Waals surface area contributed by atoms with E-state index in [0.717, 1.165) is 36.3 Å². The molecule has 3 heterocycles. The normalized spacial score (nSPS) is 17.7. The molecule has 2 aromatic heterocycles. The minimum Gasteiger partial charge on any atom is -0.373 e. The molecule has 2 aromatic rings. The van der Waals surface area contributed by atoms with Crippen LogP contribution in [0.5, 0.6) is 0 Å².